The van der Waals surface area contributed by atoms with Gasteiger partial charge in [0.15, 0.2) is 0 Å². The fraction of sp³-hybridized carbons (Fsp3) is 0.533. The summed E-state index contributed by atoms with van der Waals surface area (Å²) in [5.74, 6) is -0.229. The normalized spacial score (nSPS) is 15.5. The Morgan fingerprint density at radius 2 is 2.05 bits per heavy atom. The average Bonchev–Trinajstić information content (AvgIpc) is 2.48. The number of nitrogens with zero attached hydrogens (tertiary/aromatic N) is 1. The Balaban J connectivity index is 2.13. The van der Waals surface area contributed by atoms with Crippen LogP contribution in [0.3, 0.4) is 0 Å². The van der Waals surface area contributed by atoms with Crippen LogP contribution in [-0.4, -0.2) is 23.4 Å². The summed E-state index contributed by atoms with van der Waals surface area (Å²) in [6.45, 7) is 2.46. The molecule has 114 valence electrons. The minimum atomic E-state index is -0.463. The Morgan fingerprint density at radius 1 is 1.33 bits per heavy atom. The molecule has 6 heteroatoms. The second kappa shape index (κ2) is 7.06. The van der Waals surface area contributed by atoms with E-state index >= 15 is 0 Å². The summed E-state index contributed by atoms with van der Waals surface area (Å²) in [6, 6.07) is 4.76. The van der Waals surface area contributed by atoms with E-state index in [-0.39, 0.29) is 17.6 Å². The van der Waals surface area contributed by atoms with Gasteiger partial charge in [0, 0.05) is 24.2 Å². The number of nitro groups is 1. The topological polar surface area (TPSA) is 84.3 Å². The first-order valence-corrected chi connectivity index (χ1v) is 7.45. The van der Waals surface area contributed by atoms with Crippen molar-refractivity contribution in [2.24, 2.45) is 0 Å². The van der Waals surface area contributed by atoms with Gasteiger partial charge in [0.05, 0.1) is 4.92 Å². The van der Waals surface area contributed by atoms with Crippen molar-refractivity contribution >= 4 is 17.3 Å². The zero-order valence-electron chi connectivity index (χ0n) is 12.2. The fourth-order valence-electron chi connectivity index (χ4n) is 2.68. The van der Waals surface area contributed by atoms with Gasteiger partial charge in [-0.25, -0.2) is 0 Å². The van der Waals surface area contributed by atoms with Crippen LogP contribution in [0.5, 0.6) is 0 Å². The molecule has 1 aliphatic carbocycles. The number of amides is 1. The highest BCUT2D eigenvalue weighted by Gasteiger charge is 2.20. The molecule has 0 spiro atoms. The van der Waals surface area contributed by atoms with Gasteiger partial charge >= 0.3 is 0 Å². The summed E-state index contributed by atoms with van der Waals surface area (Å²) >= 11 is 0. The quantitative estimate of drug-likeness (QED) is 0.645. The van der Waals surface area contributed by atoms with E-state index in [0.29, 0.717) is 17.8 Å². The molecular weight excluding hydrogens is 270 g/mol. The van der Waals surface area contributed by atoms with E-state index in [4.69, 9.17) is 0 Å². The number of hydrogen-bond donors (Lipinski definition) is 2. The summed E-state index contributed by atoms with van der Waals surface area (Å²) in [5, 5.41) is 17.0. The number of nitrogens with one attached hydrogen (secondary N) is 2. The lowest BCUT2D eigenvalue weighted by Crippen LogP contribution is -2.36. The third-order valence-corrected chi connectivity index (χ3v) is 3.76. The summed E-state index contributed by atoms with van der Waals surface area (Å²) < 4.78 is 0. The number of anilines is 1. The molecule has 2 N–H and O–H groups in total. The van der Waals surface area contributed by atoms with E-state index in [1.807, 2.05) is 6.92 Å². The number of rotatable bonds is 5. The van der Waals surface area contributed by atoms with E-state index in [0.717, 1.165) is 25.7 Å². The Bertz CT molecular complexity index is 525. The first-order chi connectivity index (χ1) is 10.1. The van der Waals surface area contributed by atoms with Crippen molar-refractivity contribution in [3.8, 4) is 0 Å². The Labute approximate surface area is 124 Å². The fourth-order valence-corrected chi connectivity index (χ4v) is 2.68. The molecule has 0 aromatic heterocycles. The molecule has 0 bridgehead atoms. The van der Waals surface area contributed by atoms with E-state index in [2.05, 4.69) is 10.6 Å². The highest BCUT2D eigenvalue weighted by Crippen LogP contribution is 2.26. The predicted octanol–water partition coefficient (Wildman–Crippen LogP) is 3.09. The van der Waals surface area contributed by atoms with E-state index in [1.54, 1.807) is 12.1 Å². The van der Waals surface area contributed by atoms with Crippen molar-refractivity contribution in [1.82, 2.24) is 5.32 Å². The van der Waals surface area contributed by atoms with E-state index in [1.165, 1.54) is 12.5 Å². The van der Waals surface area contributed by atoms with Gasteiger partial charge in [-0.2, -0.15) is 0 Å². The van der Waals surface area contributed by atoms with Crippen LogP contribution in [0.4, 0.5) is 11.4 Å². The van der Waals surface area contributed by atoms with Gasteiger partial charge in [-0.15, -0.1) is 0 Å². The summed E-state index contributed by atoms with van der Waals surface area (Å²) in [6.07, 6.45) is 5.46. The van der Waals surface area contributed by atoms with Crippen LogP contribution >= 0.6 is 0 Å². The Kier molecular flexibility index (Phi) is 5.14. The van der Waals surface area contributed by atoms with Gasteiger partial charge < -0.3 is 10.6 Å². The van der Waals surface area contributed by atoms with Crippen LogP contribution in [0, 0.1) is 10.1 Å². The SMILES string of the molecule is CCNc1ccc(C(=O)NC2CCCCC2)cc1[N+](=O)[O-]. The van der Waals surface area contributed by atoms with Gasteiger partial charge in [0.1, 0.15) is 5.69 Å². The van der Waals surface area contributed by atoms with Crippen molar-refractivity contribution in [3.63, 3.8) is 0 Å². The average molecular weight is 291 g/mol. The highest BCUT2D eigenvalue weighted by molar-refractivity contribution is 5.95. The minimum Gasteiger partial charge on any atom is -0.380 e. The van der Waals surface area contributed by atoms with Crippen molar-refractivity contribution in [2.45, 2.75) is 45.1 Å². The molecule has 1 amide bonds. The standard InChI is InChI=1S/C15H21N3O3/c1-2-16-13-9-8-11(10-14(13)18(20)21)15(19)17-12-6-4-3-5-7-12/h8-10,12,16H,2-7H2,1H3,(H,17,19). The lowest BCUT2D eigenvalue weighted by atomic mass is 9.95. The van der Waals surface area contributed by atoms with Crippen LogP contribution < -0.4 is 10.6 Å². The third kappa shape index (κ3) is 3.93. The molecule has 1 aliphatic rings. The molecule has 0 radical (unpaired) electrons. The molecule has 1 fully saturated rings. The van der Waals surface area contributed by atoms with Crippen molar-refractivity contribution in [1.29, 1.82) is 0 Å². The van der Waals surface area contributed by atoms with Gasteiger partial charge in [-0.3, -0.25) is 14.9 Å². The minimum absolute atomic E-state index is 0.0619. The number of carbonyl (C=O) groups is 1. The van der Waals surface area contributed by atoms with E-state index in [9.17, 15) is 14.9 Å². The Hall–Kier alpha value is -2.11. The molecule has 21 heavy (non-hydrogen) atoms. The number of hydrogen-bond acceptors (Lipinski definition) is 4. The molecule has 0 heterocycles. The number of nitro benzene ring substituents is 1. The molecule has 1 aromatic rings. The molecule has 0 unspecified atom stereocenters. The molecule has 0 aliphatic heterocycles. The lowest BCUT2D eigenvalue weighted by Gasteiger charge is -2.22. The van der Waals surface area contributed by atoms with Crippen molar-refractivity contribution in [2.75, 3.05) is 11.9 Å². The van der Waals surface area contributed by atoms with Gasteiger partial charge in [-0.1, -0.05) is 19.3 Å². The zero-order valence-corrected chi connectivity index (χ0v) is 12.2. The summed E-state index contributed by atoms with van der Waals surface area (Å²) in [5.41, 5.74) is 0.721. The second-order valence-corrected chi connectivity index (χ2v) is 5.33. The summed E-state index contributed by atoms with van der Waals surface area (Å²) in [7, 11) is 0. The predicted molar refractivity (Wildman–Crippen MR) is 81.6 cm³/mol. The third-order valence-electron chi connectivity index (χ3n) is 3.76. The molecule has 6 nitrogen and oxygen atoms in total. The number of carbonyl (C=O) groups excluding carboxylic acids is 1. The summed E-state index contributed by atoms with van der Waals surface area (Å²) in [4.78, 5) is 22.8. The van der Waals surface area contributed by atoms with Gasteiger partial charge in [-0.05, 0) is 31.9 Å². The van der Waals surface area contributed by atoms with Crippen LogP contribution in [0.2, 0.25) is 0 Å². The van der Waals surface area contributed by atoms with Crippen LogP contribution in [0.1, 0.15) is 49.4 Å². The van der Waals surface area contributed by atoms with E-state index < -0.39 is 4.92 Å². The second-order valence-electron chi connectivity index (χ2n) is 5.33. The van der Waals surface area contributed by atoms with Crippen LogP contribution in [-0.2, 0) is 0 Å². The molecule has 0 atom stereocenters. The molecule has 1 saturated carbocycles. The molecule has 1 aromatic carbocycles. The zero-order chi connectivity index (χ0) is 15.2. The first-order valence-electron chi connectivity index (χ1n) is 7.45. The lowest BCUT2D eigenvalue weighted by molar-refractivity contribution is -0.384. The maximum atomic E-state index is 12.2. The van der Waals surface area contributed by atoms with Crippen molar-refractivity contribution in [3.05, 3.63) is 33.9 Å². The largest absolute Gasteiger partial charge is 0.380 e. The van der Waals surface area contributed by atoms with Crippen LogP contribution in [0.25, 0.3) is 0 Å². The molecular formula is C15H21N3O3. The maximum Gasteiger partial charge on any atom is 0.293 e. The number of benzene rings is 1. The monoisotopic (exact) mass is 291 g/mol. The molecule has 2 rings (SSSR count). The first kappa shape index (κ1) is 15.3. The highest BCUT2D eigenvalue weighted by atomic mass is 16.6. The molecule has 0 saturated heterocycles. The van der Waals surface area contributed by atoms with Gasteiger partial charge in [0.25, 0.3) is 11.6 Å². The maximum absolute atomic E-state index is 12.2. The Morgan fingerprint density at radius 3 is 2.67 bits per heavy atom. The van der Waals surface area contributed by atoms with Crippen molar-refractivity contribution < 1.29 is 9.72 Å². The van der Waals surface area contributed by atoms with Gasteiger partial charge in [0.2, 0.25) is 0 Å². The smallest absolute Gasteiger partial charge is 0.293 e. The van der Waals surface area contributed by atoms with Crippen LogP contribution in [0.15, 0.2) is 18.2 Å².